The first kappa shape index (κ1) is 20.3. The van der Waals surface area contributed by atoms with E-state index in [1.54, 1.807) is 24.3 Å². The number of nitrogen functional groups attached to an aromatic ring is 1. The largest absolute Gasteiger partial charge is 0.430 e. The van der Waals surface area contributed by atoms with Gasteiger partial charge in [-0.05, 0) is 55.5 Å². The van der Waals surface area contributed by atoms with Gasteiger partial charge in [-0.15, -0.1) is 0 Å². The molecule has 0 aromatic heterocycles. The number of nitrogens with zero attached hydrogens (tertiary/aromatic N) is 1. The van der Waals surface area contributed by atoms with Gasteiger partial charge in [-0.25, -0.2) is 0 Å². The highest BCUT2D eigenvalue weighted by atomic mass is 35.5. The molecule has 142 valence electrons. The zero-order valence-electron chi connectivity index (χ0n) is 14.1. The minimum absolute atomic E-state index is 0.0230. The van der Waals surface area contributed by atoms with Crippen molar-refractivity contribution in [1.82, 2.24) is 0 Å². The number of alkyl halides is 3. The molecule has 5 nitrogen and oxygen atoms in total. The fourth-order valence-corrected chi connectivity index (χ4v) is 2.19. The summed E-state index contributed by atoms with van der Waals surface area (Å²) < 4.78 is 37.3. The average Bonchev–Trinajstić information content (AvgIpc) is 2.57. The molecule has 2 aromatic carbocycles. The fraction of sp³-hybridized carbons (Fsp3) is 0.111. The molecule has 0 spiro atoms. The Labute approximate surface area is 158 Å². The molecule has 0 bridgehead atoms. The van der Waals surface area contributed by atoms with Gasteiger partial charge in [-0.2, -0.15) is 13.2 Å². The predicted molar refractivity (Wildman–Crippen MR) is 101 cm³/mol. The Hall–Kier alpha value is -3.00. The molecule has 0 aliphatic rings. The summed E-state index contributed by atoms with van der Waals surface area (Å²) in [5.41, 5.74) is 10.7. The van der Waals surface area contributed by atoms with Gasteiger partial charge in [0.25, 0.3) is 5.91 Å². The second kappa shape index (κ2) is 8.13. The maximum atomic E-state index is 12.4. The number of nitrogens with two attached hydrogens (primary N) is 2. The molecule has 27 heavy (non-hydrogen) atoms. The van der Waals surface area contributed by atoms with E-state index in [0.717, 1.165) is 0 Å². The van der Waals surface area contributed by atoms with Gasteiger partial charge in [0, 0.05) is 22.0 Å². The van der Waals surface area contributed by atoms with Crippen molar-refractivity contribution in [2.24, 2.45) is 10.7 Å². The van der Waals surface area contributed by atoms with E-state index in [2.05, 4.69) is 10.3 Å². The molecule has 5 N–H and O–H groups in total. The SMILES string of the molecule is CC(C=C(N)C(F)(F)F)=Nc1ccc(C(=O)Nc2ccc(Cl)cc2)cc1N. The molecule has 2 aromatic rings. The summed E-state index contributed by atoms with van der Waals surface area (Å²) in [7, 11) is 0. The minimum atomic E-state index is -4.63. The summed E-state index contributed by atoms with van der Waals surface area (Å²) in [6.45, 7) is 1.36. The molecule has 0 radical (unpaired) electrons. The fourth-order valence-electron chi connectivity index (χ4n) is 2.06. The average molecular weight is 397 g/mol. The van der Waals surface area contributed by atoms with E-state index >= 15 is 0 Å². The van der Waals surface area contributed by atoms with Crippen molar-refractivity contribution in [2.45, 2.75) is 13.1 Å². The van der Waals surface area contributed by atoms with Gasteiger partial charge in [-0.1, -0.05) is 11.6 Å². The van der Waals surface area contributed by atoms with E-state index in [1.165, 1.54) is 25.1 Å². The van der Waals surface area contributed by atoms with Crippen LogP contribution in [0.15, 0.2) is 59.2 Å². The van der Waals surface area contributed by atoms with Crippen LogP contribution < -0.4 is 16.8 Å². The standard InChI is InChI=1S/C18H16ClF3N4O/c1-10(8-16(24)18(20,21)22)25-15-7-2-11(9-14(15)23)17(27)26-13-5-3-12(19)4-6-13/h2-9H,23-24H2,1H3,(H,26,27). The predicted octanol–water partition coefficient (Wildman–Crippen LogP) is 4.67. The Morgan fingerprint density at radius 1 is 1.19 bits per heavy atom. The van der Waals surface area contributed by atoms with Crippen LogP contribution in [0, 0.1) is 0 Å². The maximum absolute atomic E-state index is 12.4. The lowest BCUT2D eigenvalue weighted by atomic mass is 10.1. The number of halogens is 4. The summed E-state index contributed by atoms with van der Waals surface area (Å²) >= 11 is 5.79. The summed E-state index contributed by atoms with van der Waals surface area (Å²) in [5.74, 6) is -0.405. The Morgan fingerprint density at radius 2 is 1.81 bits per heavy atom. The van der Waals surface area contributed by atoms with Crippen LogP contribution >= 0.6 is 11.6 Å². The molecule has 1 amide bonds. The number of carbonyl (C=O) groups excluding carboxylic acids is 1. The van der Waals surface area contributed by atoms with Gasteiger partial charge in [0.15, 0.2) is 0 Å². The van der Waals surface area contributed by atoms with Crippen molar-refractivity contribution in [2.75, 3.05) is 11.1 Å². The first-order valence-corrected chi connectivity index (χ1v) is 8.00. The second-order valence-electron chi connectivity index (χ2n) is 5.59. The quantitative estimate of drug-likeness (QED) is 0.517. The normalized spacial score (nSPS) is 12.8. The number of carbonyl (C=O) groups is 1. The van der Waals surface area contributed by atoms with Crippen LogP contribution in [0.2, 0.25) is 5.02 Å². The van der Waals surface area contributed by atoms with E-state index in [1.807, 2.05) is 0 Å². The summed E-state index contributed by atoms with van der Waals surface area (Å²) in [4.78, 5) is 16.2. The van der Waals surface area contributed by atoms with E-state index in [4.69, 9.17) is 23.1 Å². The topological polar surface area (TPSA) is 93.5 Å². The molecule has 0 aliphatic carbocycles. The Bertz CT molecular complexity index is 906. The van der Waals surface area contributed by atoms with Gasteiger partial charge in [0.1, 0.15) is 5.70 Å². The van der Waals surface area contributed by atoms with Crippen LogP contribution in [0.3, 0.4) is 0 Å². The second-order valence-corrected chi connectivity index (χ2v) is 6.02. The zero-order chi connectivity index (χ0) is 20.2. The van der Waals surface area contributed by atoms with Crippen LogP contribution in [0.4, 0.5) is 30.2 Å². The van der Waals surface area contributed by atoms with Crippen LogP contribution in [0.25, 0.3) is 0 Å². The number of allylic oxidation sites excluding steroid dienone is 2. The molecule has 0 fully saturated rings. The number of nitrogens with one attached hydrogen (secondary N) is 1. The first-order chi connectivity index (χ1) is 12.6. The third-order valence-electron chi connectivity index (χ3n) is 3.38. The number of amides is 1. The third-order valence-corrected chi connectivity index (χ3v) is 3.63. The molecule has 0 saturated carbocycles. The summed E-state index contributed by atoms with van der Waals surface area (Å²) in [6, 6.07) is 10.8. The van der Waals surface area contributed by atoms with Crippen molar-refractivity contribution >= 4 is 40.3 Å². The van der Waals surface area contributed by atoms with E-state index in [9.17, 15) is 18.0 Å². The third kappa shape index (κ3) is 5.75. The monoisotopic (exact) mass is 396 g/mol. The molecule has 0 unspecified atom stereocenters. The molecule has 9 heteroatoms. The highest BCUT2D eigenvalue weighted by Crippen LogP contribution is 2.25. The molecule has 0 heterocycles. The van der Waals surface area contributed by atoms with Crippen molar-refractivity contribution in [3.05, 3.63) is 64.8 Å². The molecular weight excluding hydrogens is 381 g/mol. The zero-order valence-corrected chi connectivity index (χ0v) is 14.9. The first-order valence-electron chi connectivity index (χ1n) is 7.62. The van der Waals surface area contributed by atoms with E-state index in [0.29, 0.717) is 16.8 Å². The summed E-state index contributed by atoms with van der Waals surface area (Å²) in [6.07, 6.45) is -3.92. The van der Waals surface area contributed by atoms with Gasteiger partial charge in [-0.3, -0.25) is 9.79 Å². The lowest BCUT2D eigenvalue weighted by Gasteiger charge is -2.08. The van der Waals surface area contributed by atoms with Crippen LogP contribution in [0.5, 0.6) is 0 Å². The maximum Gasteiger partial charge on any atom is 0.430 e. The lowest BCUT2D eigenvalue weighted by molar-refractivity contribution is -0.0925. The van der Waals surface area contributed by atoms with Gasteiger partial charge >= 0.3 is 6.18 Å². The Morgan fingerprint density at radius 3 is 2.37 bits per heavy atom. The van der Waals surface area contributed by atoms with Crippen molar-refractivity contribution < 1.29 is 18.0 Å². The number of hydrogen-bond acceptors (Lipinski definition) is 4. The van der Waals surface area contributed by atoms with Crippen molar-refractivity contribution in [1.29, 1.82) is 0 Å². The number of aliphatic imine (C=N–C) groups is 1. The summed E-state index contributed by atoms with van der Waals surface area (Å²) in [5, 5.41) is 3.21. The van der Waals surface area contributed by atoms with Crippen LogP contribution in [-0.4, -0.2) is 17.8 Å². The van der Waals surface area contributed by atoms with Crippen molar-refractivity contribution in [3.8, 4) is 0 Å². The lowest BCUT2D eigenvalue weighted by Crippen LogP contribution is -2.20. The molecule has 0 saturated heterocycles. The van der Waals surface area contributed by atoms with Gasteiger partial charge in [0.05, 0.1) is 11.4 Å². The number of benzene rings is 2. The number of rotatable bonds is 4. The Balaban J connectivity index is 2.18. The Kier molecular flexibility index (Phi) is 6.12. The van der Waals surface area contributed by atoms with Crippen molar-refractivity contribution in [3.63, 3.8) is 0 Å². The number of anilines is 2. The van der Waals surface area contributed by atoms with E-state index in [-0.39, 0.29) is 22.6 Å². The van der Waals surface area contributed by atoms with Gasteiger partial charge < -0.3 is 16.8 Å². The van der Waals surface area contributed by atoms with E-state index < -0.39 is 17.8 Å². The molecule has 2 rings (SSSR count). The highest BCUT2D eigenvalue weighted by molar-refractivity contribution is 6.30. The molecular formula is C18H16ClF3N4O. The highest BCUT2D eigenvalue weighted by Gasteiger charge is 2.31. The number of hydrogen-bond donors (Lipinski definition) is 3. The minimum Gasteiger partial charge on any atom is -0.397 e. The van der Waals surface area contributed by atoms with Crippen LogP contribution in [0.1, 0.15) is 17.3 Å². The van der Waals surface area contributed by atoms with Crippen LogP contribution in [-0.2, 0) is 0 Å². The smallest absolute Gasteiger partial charge is 0.397 e. The van der Waals surface area contributed by atoms with Gasteiger partial charge in [0.2, 0.25) is 0 Å². The molecule has 0 atom stereocenters. The molecule has 0 aliphatic heterocycles.